The molecule has 148 valence electrons. The van der Waals surface area contributed by atoms with Gasteiger partial charge in [0.25, 0.3) is 5.91 Å². The zero-order valence-electron chi connectivity index (χ0n) is 15.8. The number of aromatic nitrogens is 1. The Kier molecular flexibility index (Phi) is 4.50. The molecule has 3 heterocycles. The molecule has 6 nitrogen and oxygen atoms in total. The second kappa shape index (κ2) is 7.31. The maximum absolute atomic E-state index is 13.4. The van der Waals surface area contributed by atoms with E-state index in [-0.39, 0.29) is 17.6 Å². The number of hydrogen-bond acceptors (Lipinski definition) is 5. The van der Waals surface area contributed by atoms with Gasteiger partial charge in [0.2, 0.25) is 6.10 Å². The van der Waals surface area contributed by atoms with Crippen LogP contribution in [0.4, 0.5) is 4.39 Å². The first-order chi connectivity index (χ1) is 14.2. The molecule has 29 heavy (non-hydrogen) atoms. The summed E-state index contributed by atoms with van der Waals surface area (Å²) in [5.74, 6) is 0.541. The summed E-state index contributed by atoms with van der Waals surface area (Å²) in [7, 11) is 0. The van der Waals surface area contributed by atoms with Crippen molar-refractivity contribution in [2.75, 3.05) is 13.1 Å². The van der Waals surface area contributed by atoms with Gasteiger partial charge in [-0.2, -0.15) is 0 Å². The lowest BCUT2D eigenvalue weighted by Gasteiger charge is -2.31. The third kappa shape index (κ3) is 3.48. The average molecular weight is 393 g/mol. The molecule has 0 N–H and O–H groups in total. The fraction of sp³-hybridized carbons (Fsp3) is 0.318. The number of carbonyl (C=O) groups excluding carboxylic acids is 1. The third-order valence-corrected chi connectivity index (χ3v) is 5.57. The van der Waals surface area contributed by atoms with Crippen LogP contribution in [-0.2, 0) is 9.63 Å². The van der Waals surface area contributed by atoms with E-state index in [1.165, 1.54) is 12.1 Å². The van der Waals surface area contributed by atoms with Crippen molar-refractivity contribution in [3.8, 4) is 0 Å². The summed E-state index contributed by atoms with van der Waals surface area (Å²) in [6.45, 7) is 1.24. The Morgan fingerprint density at radius 2 is 1.93 bits per heavy atom. The molecule has 3 aromatic rings. The zero-order chi connectivity index (χ0) is 19.8. The van der Waals surface area contributed by atoms with Gasteiger partial charge in [-0.05, 0) is 37.1 Å². The first-order valence-electron chi connectivity index (χ1n) is 9.80. The maximum atomic E-state index is 13.4. The van der Waals surface area contributed by atoms with Crippen molar-refractivity contribution in [3.63, 3.8) is 0 Å². The minimum Gasteiger partial charge on any atom is -0.440 e. The summed E-state index contributed by atoms with van der Waals surface area (Å²) in [6, 6.07) is 13.9. The summed E-state index contributed by atoms with van der Waals surface area (Å²) < 4.78 is 19.3. The normalized spacial score (nSPS) is 20.0. The van der Waals surface area contributed by atoms with E-state index in [0.29, 0.717) is 30.8 Å². The van der Waals surface area contributed by atoms with E-state index in [1.54, 1.807) is 12.1 Å². The summed E-state index contributed by atoms with van der Waals surface area (Å²) >= 11 is 0. The first-order valence-corrected chi connectivity index (χ1v) is 9.80. The quantitative estimate of drug-likeness (QED) is 0.678. The molecule has 7 heteroatoms. The number of amides is 1. The topological polar surface area (TPSA) is 67.9 Å². The van der Waals surface area contributed by atoms with E-state index in [2.05, 4.69) is 10.1 Å². The molecule has 1 atom stereocenters. The molecule has 2 aliphatic heterocycles. The monoisotopic (exact) mass is 393 g/mol. The van der Waals surface area contributed by atoms with Gasteiger partial charge in [0.05, 0.1) is 5.71 Å². The van der Waals surface area contributed by atoms with Crippen molar-refractivity contribution in [1.82, 2.24) is 9.88 Å². The van der Waals surface area contributed by atoms with Crippen molar-refractivity contribution >= 4 is 22.7 Å². The number of para-hydroxylation sites is 2. The summed E-state index contributed by atoms with van der Waals surface area (Å²) in [4.78, 5) is 24.6. The summed E-state index contributed by atoms with van der Waals surface area (Å²) in [5, 5.41) is 4.01. The molecule has 5 rings (SSSR count). The van der Waals surface area contributed by atoms with E-state index < -0.39 is 6.10 Å². The number of hydrogen-bond donors (Lipinski definition) is 0. The minimum absolute atomic E-state index is 0.0730. The second-order valence-electron chi connectivity index (χ2n) is 7.47. The number of oxime groups is 1. The molecule has 1 fully saturated rings. The van der Waals surface area contributed by atoms with Crippen LogP contribution in [0.1, 0.15) is 36.6 Å². The van der Waals surface area contributed by atoms with Gasteiger partial charge in [0.15, 0.2) is 11.5 Å². The number of halogens is 1. The Morgan fingerprint density at radius 3 is 2.72 bits per heavy atom. The van der Waals surface area contributed by atoms with E-state index in [1.807, 2.05) is 29.2 Å². The number of carbonyl (C=O) groups is 1. The smallest absolute Gasteiger partial charge is 0.266 e. The molecule has 0 radical (unpaired) electrons. The van der Waals surface area contributed by atoms with E-state index in [0.717, 1.165) is 29.8 Å². The molecule has 2 aliphatic rings. The van der Waals surface area contributed by atoms with E-state index in [4.69, 9.17) is 9.25 Å². The third-order valence-electron chi connectivity index (χ3n) is 5.57. The van der Waals surface area contributed by atoms with E-state index >= 15 is 0 Å². The molecule has 1 saturated heterocycles. The number of piperidine rings is 1. The van der Waals surface area contributed by atoms with Gasteiger partial charge in [-0.25, -0.2) is 9.37 Å². The standard InChI is InChI=1S/C22H20FN3O3/c23-16-5-3-4-15(12-16)18-13-20(29-25-18)22(27)26-10-8-14(9-11-26)21-24-17-6-1-2-7-19(17)28-21/h1-7,12,14,20H,8-11,13H2. The highest BCUT2D eigenvalue weighted by Gasteiger charge is 2.35. The van der Waals surface area contributed by atoms with E-state index in [9.17, 15) is 9.18 Å². The molecule has 2 aromatic carbocycles. The largest absolute Gasteiger partial charge is 0.440 e. The lowest BCUT2D eigenvalue weighted by atomic mass is 9.96. The SMILES string of the molecule is O=C(C1CC(c2cccc(F)c2)=NO1)N1CCC(c2nc3ccccc3o2)CC1. The van der Waals surface area contributed by atoms with Crippen LogP contribution in [0.15, 0.2) is 58.1 Å². The van der Waals surface area contributed by atoms with Gasteiger partial charge in [0, 0.05) is 31.0 Å². The zero-order valence-corrected chi connectivity index (χ0v) is 15.8. The Balaban J connectivity index is 1.19. The van der Waals surface area contributed by atoms with Crippen molar-refractivity contribution < 1.29 is 18.4 Å². The second-order valence-corrected chi connectivity index (χ2v) is 7.47. The average Bonchev–Trinajstić information content (AvgIpc) is 3.41. The van der Waals surface area contributed by atoms with Crippen LogP contribution in [0.2, 0.25) is 0 Å². The lowest BCUT2D eigenvalue weighted by molar-refractivity contribution is -0.143. The predicted octanol–water partition coefficient (Wildman–Crippen LogP) is 3.87. The predicted molar refractivity (Wildman–Crippen MR) is 105 cm³/mol. The minimum atomic E-state index is -0.644. The molecule has 0 aliphatic carbocycles. The van der Waals surface area contributed by atoms with Gasteiger partial charge in [-0.3, -0.25) is 4.79 Å². The molecule has 1 aromatic heterocycles. The molecule has 0 saturated carbocycles. The number of oxazole rings is 1. The Morgan fingerprint density at radius 1 is 1.10 bits per heavy atom. The summed E-state index contributed by atoms with van der Waals surface area (Å²) in [6.07, 6.45) is 1.30. The maximum Gasteiger partial charge on any atom is 0.266 e. The van der Waals surface area contributed by atoms with Crippen LogP contribution in [0, 0.1) is 5.82 Å². The molecule has 1 amide bonds. The number of rotatable bonds is 3. The van der Waals surface area contributed by atoms with Crippen LogP contribution < -0.4 is 0 Å². The molecule has 0 bridgehead atoms. The molecule has 0 spiro atoms. The Labute approximate surface area is 167 Å². The number of nitrogens with zero attached hydrogens (tertiary/aromatic N) is 3. The summed E-state index contributed by atoms with van der Waals surface area (Å²) in [5.41, 5.74) is 2.91. The van der Waals surface area contributed by atoms with Crippen LogP contribution in [0.5, 0.6) is 0 Å². The first kappa shape index (κ1) is 17.8. The van der Waals surface area contributed by atoms with Gasteiger partial charge in [0.1, 0.15) is 11.3 Å². The van der Waals surface area contributed by atoms with Crippen LogP contribution >= 0.6 is 0 Å². The highest BCUT2D eigenvalue weighted by atomic mass is 19.1. The number of likely N-dealkylation sites (tertiary alicyclic amines) is 1. The highest BCUT2D eigenvalue weighted by Crippen LogP contribution is 2.31. The lowest BCUT2D eigenvalue weighted by Crippen LogP contribution is -2.43. The van der Waals surface area contributed by atoms with Crippen molar-refractivity contribution in [1.29, 1.82) is 0 Å². The van der Waals surface area contributed by atoms with Crippen LogP contribution in [0.3, 0.4) is 0 Å². The molecule has 1 unspecified atom stereocenters. The fourth-order valence-electron chi connectivity index (χ4n) is 3.96. The van der Waals surface area contributed by atoms with Gasteiger partial charge in [-0.15, -0.1) is 0 Å². The fourth-order valence-corrected chi connectivity index (χ4v) is 3.96. The van der Waals surface area contributed by atoms with Gasteiger partial charge >= 0.3 is 0 Å². The van der Waals surface area contributed by atoms with Crippen LogP contribution in [0.25, 0.3) is 11.1 Å². The highest BCUT2D eigenvalue weighted by molar-refractivity contribution is 6.04. The van der Waals surface area contributed by atoms with Crippen LogP contribution in [-0.4, -0.2) is 40.7 Å². The number of fused-ring (bicyclic) bond motifs is 1. The van der Waals surface area contributed by atoms with Crippen molar-refractivity contribution in [3.05, 3.63) is 65.8 Å². The Hall–Kier alpha value is -3.22. The van der Waals surface area contributed by atoms with Gasteiger partial charge < -0.3 is 14.2 Å². The molecular weight excluding hydrogens is 373 g/mol. The Bertz CT molecular complexity index is 1050. The van der Waals surface area contributed by atoms with Gasteiger partial charge in [-0.1, -0.05) is 29.4 Å². The molecular formula is C22H20FN3O3. The van der Waals surface area contributed by atoms with Crippen molar-refractivity contribution in [2.24, 2.45) is 5.16 Å². The number of benzene rings is 2. The van der Waals surface area contributed by atoms with Crippen molar-refractivity contribution in [2.45, 2.75) is 31.3 Å².